The van der Waals surface area contributed by atoms with Gasteiger partial charge in [-0.15, -0.1) is 0 Å². The summed E-state index contributed by atoms with van der Waals surface area (Å²) >= 11 is 6.16. The molecule has 1 aliphatic heterocycles. The van der Waals surface area contributed by atoms with Crippen molar-refractivity contribution in [2.24, 2.45) is 0 Å². The van der Waals surface area contributed by atoms with Gasteiger partial charge in [0.25, 0.3) is 0 Å². The summed E-state index contributed by atoms with van der Waals surface area (Å²) in [6.07, 6.45) is 5.37. The van der Waals surface area contributed by atoms with Crippen molar-refractivity contribution in [1.82, 2.24) is 5.32 Å². The molecule has 0 unspecified atom stereocenters. The van der Waals surface area contributed by atoms with Crippen molar-refractivity contribution in [1.29, 1.82) is 0 Å². The molecule has 1 saturated heterocycles. The number of nitrogens with one attached hydrogen (secondary N) is 1. The molecule has 0 bridgehead atoms. The standard InChI is InChI=1S/C14H16ClNO2/c1-2-18-12-7-4-10(13(15)9-12)3-5-11-6-8-14(17)16-11/h3-5,7,9,11H,2,6,8H2,1H3,(H,16,17)/b5-3+/t11-/m0/s1. The first kappa shape index (κ1) is 13.0. The van der Waals surface area contributed by atoms with Crippen molar-refractivity contribution in [3.8, 4) is 5.75 Å². The zero-order valence-electron chi connectivity index (χ0n) is 10.3. The van der Waals surface area contributed by atoms with Gasteiger partial charge in [0.1, 0.15) is 5.75 Å². The van der Waals surface area contributed by atoms with Gasteiger partial charge >= 0.3 is 0 Å². The van der Waals surface area contributed by atoms with E-state index in [0.29, 0.717) is 18.1 Å². The minimum Gasteiger partial charge on any atom is -0.494 e. The van der Waals surface area contributed by atoms with E-state index in [1.807, 2.05) is 31.2 Å². The van der Waals surface area contributed by atoms with Gasteiger partial charge in [0.05, 0.1) is 11.6 Å². The van der Waals surface area contributed by atoms with Crippen LogP contribution in [0.5, 0.6) is 5.75 Å². The lowest BCUT2D eigenvalue weighted by atomic mass is 10.1. The first-order valence-corrected chi connectivity index (χ1v) is 6.46. The van der Waals surface area contributed by atoms with Gasteiger partial charge < -0.3 is 10.1 Å². The van der Waals surface area contributed by atoms with Crippen LogP contribution in [0.4, 0.5) is 0 Å². The molecule has 18 heavy (non-hydrogen) atoms. The molecular weight excluding hydrogens is 250 g/mol. The number of carbonyl (C=O) groups excluding carboxylic acids is 1. The second kappa shape index (κ2) is 5.91. The lowest BCUT2D eigenvalue weighted by Crippen LogP contribution is -2.22. The first-order valence-electron chi connectivity index (χ1n) is 6.09. The molecule has 0 radical (unpaired) electrons. The molecule has 0 spiro atoms. The summed E-state index contributed by atoms with van der Waals surface area (Å²) < 4.78 is 5.37. The molecule has 0 aromatic heterocycles. The van der Waals surface area contributed by atoms with Crippen LogP contribution in [0.25, 0.3) is 6.08 Å². The second-order valence-electron chi connectivity index (χ2n) is 4.19. The van der Waals surface area contributed by atoms with Crippen LogP contribution in [0.1, 0.15) is 25.3 Å². The van der Waals surface area contributed by atoms with E-state index in [1.165, 1.54) is 0 Å². The minimum atomic E-state index is 0.113. The van der Waals surface area contributed by atoms with E-state index in [2.05, 4.69) is 5.32 Å². The van der Waals surface area contributed by atoms with Crippen LogP contribution in [0.3, 0.4) is 0 Å². The Morgan fingerprint density at radius 2 is 2.39 bits per heavy atom. The summed E-state index contributed by atoms with van der Waals surface area (Å²) in [7, 11) is 0. The summed E-state index contributed by atoms with van der Waals surface area (Å²) in [5.74, 6) is 0.885. The molecule has 1 fully saturated rings. The van der Waals surface area contributed by atoms with Gasteiger partial charge in [-0.05, 0) is 37.1 Å². The van der Waals surface area contributed by atoms with E-state index >= 15 is 0 Å². The molecule has 1 aromatic rings. The Kier molecular flexibility index (Phi) is 4.26. The molecule has 0 aliphatic carbocycles. The molecule has 96 valence electrons. The number of carbonyl (C=O) groups is 1. The van der Waals surface area contributed by atoms with Gasteiger partial charge in [-0.2, -0.15) is 0 Å². The summed E-state index contributed by atoms with van der Waals surface area (Å²) in [6, 6.07) is 5.74. The maximum atomic E-state index is 11.1. The number of rotatable bonds is 4. The van der Waals surface area contributed by atoms with Crippen molar-refractivity contribution in [2.45, 2.75) is 25.8 Å². The Balaban J connectivity index is 2.05. The van der Waals surface area contributed by atoms with Crippen molar-refractivity contribution in [3.63, 3.8) is 0 Å². The van der Waals surface area contributed by atoms with Crippen LogP contribution in [0, 0.1) is 0 Å². The van der Waals surface area contributed by atoms with Gasteiger partial charge in [-0.25, -0.2) is 0 Å². The molecule has 3 nitrogen and oxygen atoms in total. The van der Waals surface area contributed by atoms with Crippen LogP contribution >= 0.6 is 11.6 Å². The van der Waals surface area contributed by atoms with Crippen LogP contribution < -0.4 is 10.1 Å². The quantitative estimate of drug-likeness (QED) is 0.909. The Hall–Kier alpha value is -1.48. The Morgan fingerprint density at radius 1 is 1.56 bits per heavy atom. The molecule has 4 heteroatoms. The number of halogens is 1. The number of ether oxygens (including phenoxy) is 1. The number of amides is 1. The number of benzene rings is 1. The highest BCUT2D eigenvalue weighted by Crippen LogP contribution is 2.24. The summed E-state index contributed by atoms with van der Waals surface area (Å²) in [5, 5.41) is 3.54. The monoisotopic (exact) mass is 265 g/mol. The average molecular weight is 266 g/mol. The maximum Gasteiger partial charge on any atom is 0.220 e. The summed E-state index contributed by atoms with van der Waals surface area (Å²) in [6.45, 7) is 2.56. The maximum absolute atomic E-state index is 11.1. The average Bonchev–Trinajstić information content (AvgIpc) is 2.74. The third-order valence-electron chi connectivity index (χ3n) is 2.82. The van der Waals surface area contributed by atoms with Crippen LogP contribution in [-0.4, -0.2) is 18.6 Å². The topological polar surface area (TPSA) is 38.3 Å². The Bertz CT molecular complexity index is 471. The normalized spacial score (nSPS) is 19.2. The van der Waals surface area contributed by atoms with E-state index in [1.54, 1.807) is 6.07 Å². The zero-order chi connectivity index (χ0) is 13.0. The van der Waals surface area contributed by atoms with Crippen LogP contribution in [0.2, 0.25) is 5.02 Å². The highest BCUT2D eigenvalue weighted by atomic mass is 35.5. The van der Waals surface area contributed by atoms with Crippen molar-refractivity contribution < 1.29 is 9.53 Å². The largest absolute Gasteiger partial charge is 0.494 e. The molecule has 1 heterocycles. The molecule has 1 N–H and O–H groups in total. The van der Waals surface area contributed by atoms with E-state index in [9.17, 15) is 4.79 Å². The fourth-order valence-corrected chi connectivity index (χ4v) is 2.13. The van der Waals surface area contributed by atoms with Crippen molar-refractivity contribution in [3.05, 3.63) is 34.9 Å². The van der Waals surface area contributed by atoms with E-state index in [-0.39, 0.29) is 11.9 Å². The van der Waals surface area contributed by atoms with Crippen molar-refractivity contribution >= 4 is 23.6 Å². The van der Waals surface area contributed by atoms with E-state index in [0.717, 1.165) is 17.7 Å². The molecule has 1 aliphatic rings. The van der Waals surface area contributed by atoms with Gasteiger partial charge in [0.15, 0.2) is 0 Å². The summed E-state index contributed by atoms with van der Waals surface area (Å²) in [5.41, 5.74) is 0.932. The molecule has 1 amide bonds. The van der Waals surface area contributed by atoms with Gasteiger partial charge in [0.2, 0.25) is 5.91 Å². The van der Waals surface area contributed by atoms with Crippen molar-refractivity contribution in [2.75, 3.05) is 6.61 Å². The van der Waals surface area contributed by atoms with Crippen LogP contribution in [-0.2, 0) is 4.79 Å². The molecule has 0 saturated carbocycles. The predicted molar refractivity (Wildman–Crippen MR) is 72.8 cm³/mol. The zero-order valence-corrected chi connectivity index (χ0v) is 11.0. The molecule has 1 atom stereocenters. The highest BCUT2D eigenvalue weighted by molar-refractivity contribution is 6.32. The van der Waals surface area contributed by atoms with Gasteiger partial charge in [-0.3, -0.25) is 4.79 Å². The first-order chi connectivity index (χ1) is 8.69. The third kappa shape index (κ3) is 3.26. The predicted octanol–water partition coefficient (Wildman–Crippen LogP) is 3.03. The number of hydrogen-bond acceptors (Lipinski definition) is 2. The Morgan fingerprint density at radius 3 is 3.00 bits per heavy atom. The van der Waals surface area contributed by atoms with Gasteiger partial charge in [-0.1, -0.05) is 23.8 Å². The fraction of sp³-hybridized carbons (Fsp3) is 0.357. The number of hydrogen-bond donors (Lipinski definition) is 1. The molecule has 1 aromatic carbocycles. The van der Waals surface area contributed by atoms with E-state index < -0.39 is 0 Å². The molecular formula is C14H16ClNO2. The fourth-order valence-electron chi connectivity index (χ4n) is 1.90. The SMILES string of the molecule is CCOc1ccc(/C=C/[C@H]2CCC(=O)N2)c(Cl)c1. The third-order valence-corrected chi connectivity index (χ3v) is 3.15. The second-order valence-corrected chi connectivity index (χ2v) is 4.60. The molecule has 2 rings (SSSR count). The van der Waals surface area contributed by atoms with Crippen LogP contribution in [0.15, 0.2) is 24.3 Å². The highest BCUT2D eigenvalue weighted by Gasteiger charge is 2.17. The minimum absolute atomic E-state index is 0.113. The lowest BCUT2D eigenvalue weighted by molar-refractivity contribution is -0.119. The van der Waals surface area contributed by atoms with Gasteiger partial charge in [0, 0.05) is 12.5 Å². The smallest absolute Gasteiger partial charge is 0.220 e. The van der Waals surface area contributed by atoms with E-state index in [4.69, 9.17) is 16.3 Å². The lowest BCUT2D eigenvalue weighted by Gasteiger charge is -2.06. The summed E-state index contributed by atoms with van der Waals surface area (Å²) in [4.78, 5) is 11.1. The Labute approximate surface area is 112 Å².